The van der Waals surface area contributed by atoms with Gasteiger partial charge in [0.15, 0.2) is 0 Å². The molecule has 1 aromatic carbocycles. The number of hydrogen-bond donors (Lipinski definition) is 2. The summed E-state index contributed by atoms with van der Waals surface area (Å²) in [4.78, 5) is 14.5. The van der Waals surface area contributed by atoms with Gasteiger partial charge >= 0.3 is 0 Å². The molecule has 1 amide bonds. The van der Waals surface area contributed by atoms with Crippen molar-refractivity contribution >= 4 is 11.6 Å². The summed E-state index contributed by atoms with van der Waals surface area (Å²) >= 11 is 0. The first-order valence-electron chi connectivity index (χ1n) is 6.93. The van der Waals surface area contributed by atoms with E-state index in [4.69, 9.17) is 0 Å². The molecule has 1 aliphatic heterocycles. The van der Waals surface area contributed by atoms with Crippen molar-refractivity contribution in [2.24, 2.45) is 0 Å². The topological polar surface area (TPSA) is 44.4 Å². The van der Waals surface area contributed by atoms with Crippen molar-refractivity contribution in [1.82, 2.24) is 10.2 Å². The number of benzene rings is 1. The summed E-state index contributed by atoms with van der Waals surface area (Å²) in [6, 6.07) is 6.07. The van der Waals surface area contributed by atoms with Crippen molar-refractivity contribution in [3.8, 4) is 0 Å². The molecule has 0 bridgehead atoms. The van der Waals surface area contributed by atoms with Gasteiger partial charge in [-0.05, 0) is 31.5 Å². The Morgan fingerprint density at radius 2 is 2.32 bits per heavy atom. The van der Waals surface area contributed by atoms with Gasteiger partial charge in [-0.25, -0.2) is 0 Å². The normalized spacial score (nSPS) is 20.3. The third-order valence-electron chi connectivity index (χ3n) is 3.80. The van der Waals surface area contributed by atoms with Crippen LogP contribution in [0.5, 0.6) is 0 Å². The number of carbonyl (C=O) groups excluding carboxylic acids is 1. The van der Waals surface area contributed by atoms with Gasteiger partial charge in [-0.15, -0.1) is 0 Å². The fraction of sp³-hybridized carbons (Fsp3) is 0.533. The maximum atomic E-state index is 12.4. The van der Waals surface area contributed by atoms with Crippen LogP contribution in [0.25, 0.3) is 0 Å². The Bertz CT molecular complexity index is 459. The van der Waals surface area contributed by atoms with Crippen molar-refractivity contribution in [1.29, 1.82) is 0 Å². The van der Waals surface area contributed by atoms with E-state index in [-0.39, 0.29) is 11.9 Å². The number of amides is 1. The number of rotatable bonds is 3. The second-order valence-corrected chi connectivity index (χ2v) is 5.15. The van der Waals surface area contributed by atoms with E-state index in [1.54, 1.807) is 0 Å². The summed E-state index contributed by atoms with van der Waals surface area (Å²) in [5.41, 5.74) is 3.30. The third kappa shape index (κ3) is 3.14. The Morgan fingerprint density at radius 3 is 3.00 bits per heavy atom. The fourth-order valence-electron chi connectivity index (χ4n) is 2.51. The van der Waals surface area contributed by atoms with Gasteiger partial charge < -0.3 is 10.6 Å². The van der Waals surface area contributed by atoms with E-state index in [0.717, 1.165) is 37.3 Å². The van der Waals surface area contributed by atoms with Crippen LogP contribution in [0.15, 0.2) is 18.2 Å². The van der Waals surface area contributed by atoms with Gasteiger partial charge in [-0.1, -0.05) is 25.1 Å². The van der Waals surface area contributed by atoms with Crippen molar-refractivity contribution < 1.29 is 4.79 Å². The van der Waals surface area contributed by atoms with Gasteiger partial charge in [0, 0.05) is 25.3 Å². The molecule has 0 radical (unpaired) electrons. The van der Waals surface area contributed by atoms with Crippen LogP contribution < -0.4 is 10.6 Å². The molecule has 1 atom stereocenters. The molecule has 2 rings (SSSR count). The lowest BCUT2D eigenvalue weighted by atomic mass is 10.1. The molecule has 0 aliphatic carbocycles. The van der Waals surface area contributed by atoms with Crippen molar-refractivity contribution in [3.63, 3.8) is 0 Å². The molecule has 1 heterocycles. The van der Waals surface area contributed by atoms with Crippen molar-refractivity contribution in [2.45, 2.75) is 26.3 Å². The van der Waals surface area contributed by atoms with E-state index in [2.05, 4.69) is 28.5 Å². The highest BCUT2D eigenvalue weighted by atomic mass is 16.2. The number of likely N-dealkylation sites (N-methyl/N-ethyl adjacent to an activating group) is 1. The second-order valence-electron chi connectivity index (χ2n) is 5.15. The quantitative estimate of drug-likeness (QED) is 0.864. The van der Waals surface area contributed by atoms with E-state index in [9.17, 15) is 4.79 Å². The van der Waals surface area contributed by atoms with Gasteiger partial charge in [0.05, 0.1) is 0 Å². The molecule has 19 heavy (non-hydrogen) atoms. The van der Waals surface area contributed by atoms with Crippen LogP contribution in [0.1, 0.15) is 18.1 Å². The minimum absolute atomic E-state index is 0.0821. The Balaban J connectivity index is 2.14. The van der Waals surface area contributed by atoms with Gasteiger partial charge in [0.2, 0.25) is 5.91 Å². The lowest BCUT2D eigenvalue weighted by Gasteiger charge is -2.32. The monoisotopic (exact) mass is 261 g/mol. The largest absolute Gasteiger partial charge is 0.324 e. The molecule has 1 fully saturated rings. The molecular weight excluding hydrogens is 238 g/mol. The lowest BCUT2D eigenvalue weighted by molar-refractivity contribution is -0.121. The van der Waals surface area contributed by atoms with E-state index < -0.39 is 0 Å². The maximum absolute atomic E-state index is 12.4. The first kappa shape index (κ1) is 14.0. The third-order valence-corrected chi connectivity index (χ3v) is 3.80. The van der Waals surface area contributed by atoms with Crippen LogP contribution >= 0.6 is 0 Å². The van der Waals surface area contributed by atoms with E-state index in [1.807, 2.05) is 26.1 Å². The molecule has 1 aromatic rings. The zero-order chi connectivity index (χ0) is 13.8. The molecular formula is C15H23N3O. The van der Waals surface area contributed by atoms with Gasteiger partial charge in [-0.2, -0.15) is 0 Å². The maximum Gasteiger partial charge on any atom is 0.243 e. The molecule has 4 heteroatoms. The highest BCUT2D eigenvalue weighted by molar-refractivity contribution is 5.96. The highest BCUT2D eigenvalue weighted by Gasteiger charge is 2.26. The number of aryl methyl sites for hydroxylation is 2. The average molecular weight is 261 g/mol. The molecule has 1 unspecified atom stereocenters. The fourth-order valence-corrected chi connectivity index (χ4v) is 2.51. The molecule has 1 saturated heterocycles. The average Bonchev–Trinajstić information content (AvgIpc) is 2.41. The van der Waals surface area contributed by atoms with Crippen molar-refractivity contribution in [2.75, 3.05) is 32.0 Å². The summed E-state index contributed by atoms with van der Waals surface area (Å²) in [6.07, 6.45) is 0.927. The van der Waals surface area contributed by atoms with E-state index in [1.165, 1.54) is 5.56 Å². The first-order chi connectivity index (χ1) is 9.13. The zero-order valence-corrected chi connectivity index (χ0v) is 12.0. The van der Waals surface area contributed by atoms with Crippen molar-refractivity contribution in [3.05, 3.63) is 29.3 Å². The predicted octanol–water partition coefficient (Wildman–Crippen LogP) is 1.40. The first-order valence-corrected chi connectivity index (χ1v) is 6.93. The van der Waals surface area contributed by atoms with Crippen LogP contribution in [0.2, 0.25) is 0 Å². The number of hydrogen-bond acceptors (Lipinski definition) is 3. The Morgan fingerprint density at radius 1 is 1.53 bits per heavy atom. The van der Waals surface area contributed by atoms with Gasteiger partial charge in [-0.3, -0.25) is 9.69 Å². The number of piperazine rings is 1. The van der Waals surface area contributed by atoms with Crippen LogP contribution in [-0.2, 0) is 11.2 Å². The van der Waals surface area contributed by atoms with Crippen LogP contribution in [-0.4, -0.2) is 43.5 Å². The van der Waals surface area contributed by atoms with E-state index in [0.29, 0.717) is 0 Å². The molecule has 0 aromatic heterocycles. The number of nitrogens with one attached hydrogen (secondary N) is 2. The number of carbonyl (C=O) groups is 1. The standard InChI is InChI=1S/C15H23N3O/c1-4-12-7-5-6-11(2)14(12)17-15(19)13-10-16-8-9-18(13)3/h5-7,13,16H,4,8-10H2,1-3H3,(H,17,19). The molecule has 0 saturated carbocycles. The number of nitrogens with zero attached hydrogens (tertiary/aromatic N) is 1. The zero-order valence-electron chi connectivity index (χ0n) is 12.0. The van der Waals surface area contributed by atoms with Gasteiger partial charge in [0.1, 0.15) is 6.04 Å². The molecule has 1 aliphatic rings. The molecule has 104 valence electrons. The molecule has 2 N–H and O–H groups in total. The lowest BCUT2D eigenvalue weighted by Crippen LogP contribution is -2.54. The highest BCUT2D eigenvalue weighted by Crippen LogP contribution is 2.21. The van der Waals surface area contributed by atoms with Crippen LogP contribution in [0.4, 0.5) is 5.69 Å². The minimum Gasteiger partial charge on any atom is -0.324 e. The summed E-state index contributed by atoms with van der Waals surface area (Å²) in [5.74, 6) is 0.0821. The van der Waals surface area contributed by atoms with Gasteiger partial charge in [0.25, 0.3) is 0 Å². The smallest absolute Gasteiger partial charge is 0.243 e. The molecule has 0 spiro atoms. The Labute approximate surface area is 115 Å². The van der Waals surface area contributed by atoms with Crippen LogP contribution in [0, 0.1) is 6.92 Å². The predicted molar refractivity (Wildman–Crippen MR) is 78.5 cm³/mol. The Kier molecular flexibility index (Phi) is 4.56. The Hall–Kier alpha value is -1.39. The summed E-state index contributed by atoms with van der Waals surface area (Å²) < 4.78 is 0. The van der Waals surface area contributed by atoms with E-state index >= 15 is 0 Å². The summed E-state index contributed by atoms with van der Waals surface area (Å²) in [5, 5.41) is 6.38. The minimum atomic E-state index is -0.0851. The SMILES string of the molecule is CCc1cccc(C)c1NC(=O)C1CNCCN1C. The number of anilines is 1. The summed E-state index contributed by atoms with van der Waals surface area (Å²) in [7, 11) is 2.00. The van der Waals surface area contributed by atoms with Crippen LogP contribution in [0.3, 0.4) is 0 Å². The molecule has 4 nitrogen and oxygen atoms in total. The number of para-hydroxylation sites is 1. The second kappa shape index (κ2) is 6.17. The summed E-state index contributed by atoms with van der Waals surface area (Å²) in [6.45, 7) is 6.73.